The summed E-state index contributed by atoms with van der Waals surface area (Å²) in [5, 5.41) is 18.9. The Bertz CT molecular complexity index is 1210. The SMILES string of the molecule is O=c1oc2ccccc2c2c1cnn2CC(O)Nc1ccc2c(c1)OCO2. The van der Waals surface area contributed by atoms with Crippen molar-refractivity contribution < 1.29 is 19.0 Å². The van der Waals surface area contributed by atoms with Crippen molar-refractivity contribution in [3.05, 3.63) is 59.1 Å². The number of ether oxygens (including phenoxy) is 2. The van der Waals surface area contributed by atoms with E-state index in [0.717, 1.165) is 5.39 Å². The molecule has 0 saturated heterocycles. The first kappa shape index (κ1) is 15.7. The highest BCUT2D eigenvalue weighted by molar-refractivity contribution is 6.01. The number of para-hydroxylation sites is 1. The Labute approximate surface area is 152 Å². The van der Waals surface area contributed by atoms with Crippen LogP contribution in [0.3, 0.4) is 0 Å². The third-order valence-electron chi connectivity index (χ3n) is 4.46. The highest BCUT2D eigenvalue weighted by Gasteiger charge is 2.17. The Hall–Kier alpha value is -3.52. The molecule has 0 saturated carbocycles. The maximum atomic E-state index is 12.2. The van der Waals surface area contributed by atoms with Gasteiger partial charge >= 0.3 is 5.63 Å². The van der Waals surface area contributed by atoms with Crippen LogP contribution in [0.1, 0.15) is 0 Å². The molecule has 0 amide bonds. The normalized spacial score (nSPS) is 14.0. The van der Waals surface area contributed by atoms with Crippen molar-refractivity contribution in [1.82, 2.24) is 9.78 Å². The van der Waals surface area contributed by atoms with Gasteiger partial charge < -0.3 is 24.3 Å². The number of hydrogen-bond acceptors (Lipinski definition) is 7. The molecule has 136 valence electrons. The van der Waals surface area contributed by atoms with Gasteiger partial charge in [0.2, 0.25) is 6.79 Å². The van der Waals surface area contributed by atoms with Gasteiger partial charge in [-0.15, -0.1) is 0 Å². The number of nitrogens with one attached hydrogen (secondary N) is 1. The van der Waals surface area contributed by atoms with Gasteiger partial charge in [0.05, 0.1) is 18.3 Å². The largest absolute Gasteiger partial charge is 0.454 e. The van der Waals surface area contributed by atoms with Gasteiger partial charge in [0.15, 0.2) is 11.5 Å². The van der Waals surface area contributed by atoms with E-state index < -0.39 is 11.9 Å². The fourth-order valence-electron chi connectivity index (χ4n) is 3.25. The van der Waals surface area contributed by atoms with Gasteiger partial charge in [0, 0.05) is 17.1 Å². The summed E-state index contributed by atoms with van der Waals surface area (Å²) in [4.78, 5) is 12.2. The summed E-state index contributed by atoms with van der Waals surface area (Å²) < 4.78 is 17.5. The Morgan fingerprint density at radius 2 is 2.00 bits per heavy atom. The van der Waals surface area contributed by atoms with E-state index in [1.807, 2.05) is 12.1 Å². The van der Waals surface area contributed by atoms with Crippen LogP contribution in [-0.4, -0.2) is 27.9 Å². The van der Waals surface area contributed by atoms with Gasteiger partial charge in [-0.2, -0.15) is 5.10 Å². The fraction of sp³-hybridized carbons (Fsp3) is 0.158. The zero-order chi connectivity index (χ0) is 18.4. The number of aliphatic hydroxyl groups excluding tert-OH is 1. The van der Waals surface area contributed by atoms with Crippen LogP contribution in [-0.2, 0) is 6.54 Å². The molecule has 27 heavy (non-hydrogen) atoms. The van der Waals surface area contributed by atoms with Gasteiger partial charge in [-0.25, -0.2) is 4.79 Å². The molecule has 0 radical (unpaired) electrons. The maximum Gasteiger partial charge on any atom is 0.347 e. The highest BCUT2D eigenvalue weighted by atomic mass is 16.7. The molecule has 0 fully saturated rings. The van der Waals surface area contributed by atoms with E-state index in [2.05, 4.69) is 10.4 Å². The number of fused-ring (bicyclic) bond motifs is 4. The molecule has 0 aliphatic carbocycles. The average molecular weight is 365 g/mol. The van der Waals surface area contributed by atoms with Crippen LogP contribution in [0.4, 0.5) is 5.69 Å². The molecule has 1 aliphatic heterocycles. The monoisotopic (exact) mass is 365 g/mol. The lowest BCUT2D eigenvalue weighted by Gasteiger charge is -2.15. The van der Waals surface area contributed by atoms with E-state index in [-0.39, 0.29) is 13.3 Å². The first-order chi connectivity index (χ1) is 13.2. The number of hydrogen-bond donors (Lipinski definition) is 2. The van der Waals surface area contributed by atoms with Crippen molar-refractivity contribution in [1.29, 1.82) is 0 Å². The summed E-state index contributed by atoms with van der Waals surface area (Å²) in [6.45, 7) is 0.335. The van der Waals surface area contributed by atoms with Crippen LogP contribution in [0.5, 0.6) is 11.5 Å². The van der Waals surface area contributed by atoms with Crippen LogP contribution in [0.25, 0.3) is 21.9 Å². The van der Waals surface area contributed by atoms with Crippen LogP contribution in [0.2, 0.25) is 0 Å². The van der Waals surface area contributed by atoms with E-state index in [1.165, 1.54) is 6.20 Å². The molecule has 1 aliphatic rings. The lowest BCUT2D eigenvalue weighted by atomic mass is 10.2. The molecule has 2 N–H and O–H groups in total. The Morgan fingerprint density at radius 1 is 1.15 bits per heavy atom. The van der Waals surface area contributed by atoms with Gasteiger partial charge in [0.25, 0.3) is 0 Å². The van der Waals surface area contributed by atoms with E-state index in [9.17, 15) is 9.90 Å². The number of rotatable bonds is 4. The molecule has 8 nitrogen and oxygen atoms in total. The van der Waals surface area contributed by atoms with Crippen molar-refractivity contribution >= 4 is 27.6 Å². The predicted octanol–water partition coefficient (Wildman–Crippen LogP) is 2.30. The topological polar surface area (TPSA) is 98.8 Å². The van der Waals surface area contributed by atoms with E-state index in [1.54, 1.807) is 35.0 Å². The minimum absolute atomic E-state index is 0.144. The number of anilines is 1. The molecule has 0 bridgehead atoms. The summed E-state index contributed by atoms with van der Waals surface area (Å²) in [5.74, 6) is 1.30. The standard InChI is InChI=1S/C19H15N3O5/c23-17(21-11-5-6-15-16(7-11)26-10-25-15)9-22-18-12-3-1-2-4-14(12)27-19(24)13(18)8-20-22/h1-8,17,21,23H,9-10H2. The van der Waals surface area contributed by atoms with Crippen LogP contribution >= 0.6 is 0 Å². The van der Waals surface area contributed by atoms with Crippen LogP contribution in [0, 0.1) is 0 Å². The molecule has 3 heterocycles. The van der Waals surface area contributed by atoms with Crippen molar-refractivity contribution in [3.63, 3.8) is 0 Å². The first-order valence-corrected chi connectivity index (χ1v) is 8.41. The zero-order valence-electron chi connectivity index (χ0n) is 14.1. The van der Waals surface area contributed by atoms with Crippen molar-refractivity contribution in [2.75, 3.05) is 12.1 Å². The fourth-order valence-corrected chi connectivity index (χ4v) is 3.25. The number of aromatic nitrogens is 2. The average Bonchev–Trinajstić information content (AvgIpc) is 3.29. The van der Waals surface area contributed by atoms with E-state index in [0.29, 0.717) is 33.7 Å². The second kappa shape index (κ2) is 6.03. The quantitative estimate of drug-likeness (QED) is 0.423. The summed E-state index contributed by atoms with van der Waals surface area (Å²) in [5.41, 5.74) is 1.35. The minimum Gasteiger partial charge on any atom is -0.454 e. The molecular formula is C19H15N3O5. The maximum absolute atomic E-state index is 12.2. The van der Waals surface area contributed by atoms with Crippen molar-refractivity contribution in [2.45, 2.75) is 12.8 Å². The highest BCUT2D eigenvalue weighted by Crippen LogP contribution is 2.34. The molecule has 8 heteroatoms. The third kappa shape index (κ3) is 2.67. The number of benzene rings is 2. The molecule has 5 rings (SSSR count). The lowest BCUT2D eigenvalue weighted by molar-refractivity contribution is 0.174. The van der Waals surface area contributed by atoms with Gasteiger partial charge in [0.1, 0.15) is 17.2 Å². The minimum atomic E-state index is -0.931. The third-order valence-corrected chi connectivity index (χ3v) is 4.46. The summed E-state index contributed by atoms with van der Waals surface area (Å²) >= 11 is 0. The summed E-state index contributed by atoms with van der Waals surface area (Å²) in [6.07, 6.45) is 0.528. The molecular weight excluding hydrogens is 350 g/mol. The zero-order valence-corrected chi connectivity index (χ0v) is 14.1. The van der Waals surface area contributed by atoms with Crippen molar-refractivity contribution in [3.8, 4) is 11.5 Å². The molecule has 4 aromatic rings. The van der Waals surface area contributed by atoms with Gasteiger partial charge in [-0.1, -0.05) is 12.1 Å². The van der Waals surface area contributed by atoms with Crippen LogP contribution < -0.4 is 20.4 Å². The number of aliphatic hydroxyl groups is 1. The first-order valence-electron chi connectivity index (χ1n) is 8.41. The molecule has 1 unspecified atom stereocenters. The van der Waals surface area contributed by atoms with Crippen molar-refractivity contribution in [2.24, 2.45) is 0 Å². The predicted molar refractivity (Wildman–Crippen MR) is 98.0 cm³/mol. The smallest absolute Gasteiger partial charge is 0.347 e. The summed E-state index contributed by atoms with van der Waals surface area (Å²) in [6, 6.07) is 12.6. The summed E-state index contributed by atoms with van der Waals surface area (Å²) in [7, 11) is 0. The molecule has 1 atom stereocenters. The van der Waals surface area contributed by atoms with Crippen LogP contribution in [0.15, 0.2) is 57.9 Å². The Balaban J connectivity index is 1.47. The lowest BCUT2D eigenvalue weighted by Crippen LogP contribution is -2.25. The Morgan fingerprint density at radius 3 is 2.93 bits per heavy atom. The van der Waals surface area contributed by atoms with Gasteiger partial charge in [-0.05, 0) is 24.3 Å². The Kier molecular flexibility index (Phi) is 3.51. The number of nitrogens with zero attached hydrogens (tertiary/aromatic N) is 2. The molecule has 2 aromatic heterocycles. The second-order valence-electron chi connectivity index (χ2n) is 6.20. The molecule has 2 aromatic carbocycles. The second-order valence-corrected chi connectivity index (χ2v) is 6.20. The molecule has 0 spiro atoms. The van der Waals surface area contributed by atoms with E-state index in [4.69, 9.17) is 13.9 Å². The van der Waals surface area contributed by atoms with E-state index >= 15 is 0 Å². The van der Waals surface area contributed by atoms with Gasteiger partial charge in [-0.3, -0.25) is 4.68 Å².